The second-order valence-electron chi connectivity index (χ2n) is 5.77. The Morgan fingerprint density at radius 2 is 1.82 bits per heavy atom. The number of amides is 2. The van der Waals surface area contributed by atoms with Crippen LogP contribution in [0.3, 0.4) is 0 Å². The van der Waals surface area contributed by atoms with E-state index < -0.39 is 0 Å². The second-order valence-corrected chi connectivity index (χ2v) is 5.77. The minimum Gasteiger partial charge on any atom is -0.347 e. The van der Waals surface area contributed by atoms with Crippen LogP contribution in [0.4, 0.5) is 0 Å². The highest BCUT2D eigenvalue weighted by molar-refractivity contribution is 5.98. The van der Waals surface area contributed by atoms with E-state index in [0.29, 0.717) is 18.5 Å². The Morgan fingerprint density at radius 1 is 1.14 bits per heavy atom. The van der Waals surface area contributed by atoms with E-state index in [2.05, 4.69) is 0 Å². The van der Waals surface area contributed by atoms with Gasteiger partial charge in [-0.1, -0.05) is 30.3 Å². The summed E-state index contributed by atoms with van der Waals surface area (Å²) in [5.74, 6) is -0.189. The van der Waals surface area contributed by atoms with Crippen molar-refractivity contribution in [2.45, 2.75) is 31.7 Å². The van der Waals surface area contributed by atoms with Crippen molar-refractivity contribution >= 4 is 17.6 Å². The summed E-state index contributed by atoms with van der Waals surface area (Å²) in [6.07, 6.45) is 1.88. The molecule has 1 aliphatic heterocycles. The van der Waals surface area contributed by atoms with Gasteiger partial charge in [0.2, 0.25) is 11.8 Å². The van der Waals surface area contributed by atoms with Crippen LogP contribution in [0.15, 0.2) is 30.3 Å². The molecule has 22 heavy (non-hydrogen) atoms. The first kappa shape index (κ1) is 16.2. The third-order valence-electron chi connectivity index (χ3n) is 3.96. The van der Waals surface area contributed by atoms with Crippen LogP contribution in [0, 0.1) is 0 Å². The van der Waals surface area contributed by atoms with Gasteiger partial charge in [0.25, 0.3) is 0 Å². The molecule has 1 aliphatic rings. The highest BCUT2D eigenvalue weighted by Crippen LogP contribution is 2.20. The Bertz CT molecular complexity index is 554. The number of hydrogen-bond donors (Lipinski definition) is 0. The molecule has 5 nitrogen and oxygen atoms in total. The van der Waals surface area contributed by atoms with Crippen molar-refractivity contribution in [1.82, 2.24) is 9.80 Å². The molecule has 0 radical (unpaired) electrons. The molecule has 2 rings (SSSR count). The molecule has 0 bridgehead atoms. The number of Topliss-reactive ketones (excluding diaryl/α,β-unsaturated/α-hetero) is 1. The van der Waals surface area contributed by atoms with E-state index in [9.17, 15) is 14.4 Å². The highest BCUT2D eigenvalue weighted by Gasteiger charge is 2.34. The molecular weight excluding hydrogens is 280 g/mol. The SMILES string of the molecule is CN(C)C(=O)C1CCCN1C(=O)CCC(=O)c1ccccc1. The van der Waals surface area contributed by atoms with Crippen LogP contribution in [-0.2, 0) is 9.59 Å². The van der Waals surface area contributed by atoms with Crippen molar-refractivity contribution in [3.63, 3.8) is 0 Å². The van der Waals surface area contributed by atoms with E-state index in [1.165, 1.54) is 4.90 Å². The predicted molar refractivity (Wildman–Crippen MR) is 83.4 cm³/mol. The maximum Gasteiger partial charge on any atom is 0.244 e. The van der Waals surface area contributed by atoms with Gasteiger partial charge in [-0.2, -0.15) is 0 Å². The minimum absolute atomic E-state index is 0.0383. The second kappa shape index (κ2) is 7.20. The first-order chi connectivity index (χ1) is 10.5. The van der Waals surface area contributed by atoms with Crippen LogP contribution in [0.2, 0.25) is 0 Å². The standard InChI is InChI=1S/C17H22N2O3/c1-18(2)17(22)14-9-6-12-19(14)16(21)11-10-15(20)13-7-4-3-5-8-13/h3-5,7-8,14H,6,9-12H2,1-2H3. The number of nitrogens with zero attached hydrogens (tertiary/aromatic N) is 2. The number of ketones is 1. The summed E-state index contributed by atoms with van der Waals surface area (Å²) < 4.78 is 0. The lowest BCUT2D eigenvalue weighted by molar-refractivity contribution is -0.142. The molecule has 1 heterocycles. The van der Waals surface area contributed by atoms with Crippen molar-refractivity contribution in [3.8, 4) is 0 Å². The Balaban J connectivity index is 1.92. The zero-order valence-corrected chi connectivity index (χ0v) is 13.1. The molecule has 1 atom stereocenters. The average Bonchev–Trinajstić information content (AvgIpc) is 3.01. The fraction of sp³-hybridized carbons (Fsp3) is 0.471. The maximum absolute atomic E-state index is 12.3. The summed E-state index contributed by atoms with van der Waals surface area (Å²) in [4.78, 5) is 39.6. The molecule has 1 aromatic carbocycles. The Hall–Kier alpha value is -2.17. The van der Waals surface area contributed by atoms with Gasteiger partial charge >= 0.3 is 0 Å². The lowest BCUT2D eigenvalue weighted by Gasteiger charge is -2.26. The number of likely N-dealkylation sites (tertiary alicyclic amines) is 1. The van der Waals surface area contributed by atoms with Crippen LogP contribution in [0.1, 0.15) is 36.0 Å². The molecule has 0 aliphatic carbocycles. The fourth-order valence-corrected chi connectivity index (χ4v) is 2.75. The zero-order chi connectivity index (χ0) is 16.1. The van der Waals surface area contributed by atoms with E-state index in [1.54, 1.807) is 43.3 Å². The molecule has 5 heteroatoms. The van der Waals surface area contributed by atoms with Crippen LogP contribution < -0.4 is 0 Å². The van der Waals surface area contributed by atoms with Crippen LogP contribution in [0.25, 0.3) is 0 Å². The number of carbonyl (C=O) groups excluding carboxylic acids is 3. The molecule has 1 aromatic rings. The first-order valence-corrected chi connectivity index (χ1v) is 7.59. The summed E-state index contributed by atoms with van der Waals surface area (Å²) in [5, 5.41) is 0. The number of rotatable bonds is 5. The van der Waals surface area contributed by atoms with Crippen molar-refractivity contribution in [3.05, 3.63) is 35.9 Å². The van der Waals surface area contributed by atoms with Crippen LogP contribution in [-0.4, -0.2) is 54.1 Å². The van der Waals surface area contributed by atoms with Crippen molar-refractivity contribution in [2.24, 2.45) is 0 Å². The van der Waals surface area contributed by atoms with Gasteiger partial charge in [0.15, 0.2) is 5.78 Å². The third kappa shape index (κ3) is 3.72. The van der Waals surface area contributed by atoms with Crippen molar-refractivity contribution in [2.75, 3.05) is 20.6 Å². The predicted octanol–water partition coefficient (Wildman–Crippen LogP) is 1.73. The summed E-state index contributed by atoms with van der Waals surface area (Å²) in [7, 11) is 3.39. The Morgan fingerprint density at radius 3 is 2.45 bits per heavy atom. The van der Waals surface area contributed by atoms with Crippen molar-refractivity contribution in [1.29, 1.82) is 0 Å². The normalized spacial score (nSPS) is 17.4. The van der Waals surface area contributed by atoms with E-state index in [1.807, 2.05) is 6.07 Å². The first-order valence-electron chi connectivity index (χ1n) is 7.59. The minimum atomic E-state index is -0.366. The van der Waals surface area contributed by atoms with Gasteiger partial charge in [-0.15, -0.1) is 0 Å². The molecule has 0 N–H and O–H groups in total. The van der Waals surface area contributed by atoms with E-state index >= 15 is 0 Å². The third-order valence-corrected chi connectivity index (χ3v) is 3.96. The quantitative estimate of drug-likeness (QED) is 0.778. The van der Waals surface area contributed by atoms with Gasteiger partial charge in [0.05, 0.1) is 0 Å². The smallest absolute Gasteiger partial charge is 0.244 e. The van der Waals surface area contributed by atoms with E-state index in [4.69, 9.17) is 0 Å². The summed E-state index contributed by atoms with van der Waals surface area (Å²) >= 11 is 0. The van der Waals surface area contributed by atoms with Crippen LogP contribution in [0.5, 0.6) is 0 Å². The van der Waals surface area contributed by atoms with Gasteiger partial charge in [-0.3, -0.25) is 14.4 Å². The molecule has 0 spiro atoms. The number of carbonyl (C=O) groups is 3. The summed E-state index contributed by atoms with van der Waals surface area (Å²) in [5.41, 5.74) is 0.623. The number of hydrogen-bond acceptors (Lipinski definition) is 3. The number of benzene rings is 1. The maximum atomic E-state index is 12.3. The molecule has 0 aromatic heterocycles. The van der Waals surface area contributed by atoms with Gasteiger partial charge < -0.3 is 9.80 Å². The fourth-order valence-electron chi connectivity index (χ4n) is 2.75. The Labute approximate surface area is 130 Å². The molecule has 1 saturated heterocycles. The lowest BCUT2D eigenvalue weighted by Crippen LogP contribution is -2.45. The highest BCUT2D eigenvalue weighted by atomic mass is 16.2. The largest absolute Gasteiger partial charge is 0.347 e. The van der Waals surface area contributed by atoms with Gasteiger partial charge in [0.1, 0.15) is 6.04 Å². The van der Waals surface area contributed by atoms with E-state index in [-0.39, 0.29) is 36.5 Å². The summed E-state index contributed by atoms with van der Waals surface area (Å²) in [6, 6.07) is 8.60. The molecule has 2 amide bonds. The zero-order valence-electron chi connectivity index (χ0n) is 13.1. The van der Waals surface area contributed by atoms with Crippen LogP contribution >= 0.6 is 0 Å². The van der Waals surface area contributed by atoms with E-state index in [0.717, 1.165) is 6.42 Å². The number of likely N-dealkylation sites (N-methyl/N-ethyl adjacent to an activating group) is 1. The van der Waals surface area contributed by atoms with Gasteiger partial charge in [-0.05, 0) is 12.8 Å². The molecular formula is C17H22N2O3. The lowest BCUT2D eigenvalue weighted by atomic mass is 10.1. The average molecular weight is 302 g/mol. The monoisotopic (exact) mass is 302 g/mol. The molecule has 1 fully saturated rings. The topological polar surface area (TPSA) is 57.7 Å². The molecule has 0 saturated carbocycles. The summed E-state index contributed by atoms with van der Waals surface area (Å²) in [6.45, 7) is 0.600. The van der Waals surface area contributed by atoms with Crippen molar-refractivity contribution < 1.29 is 14.4 Å². The molecule has 1 unspecified atom stereocenters. The van der Waals surface area contributed by atoms with Gasteiger partial charge in [0, 0.05) is 39.0 Å². The molecule has 118 valence electrons. The Kier molecular flexibility index (Phi) is 5.31. The van der Waals surface area contributed by atoms with Gasteiger partial charge in [-0.25, -0.2) is 0 Å².